The molecule has 1 atom stereocenters. The molecule has 1 fully saturated rings. The SMILES string of the molecule is CCC[CH2][Sn](/[CH]=C(/F)C1CCCO1)([CH2]CCC)[CH2]CCC. The molecule has 0 bridgehead atoms. The van der Waals surface area contributed by atoms with Gasteiger partial charge in [-0.05, 0) is 0 Å². The van der Waals surface area contributed by atoms with Gasteiger partial charge in [0, 0.05) is 0 Å². The summed E-state index contributed by atoms with van der Waals surface area (Å²) in [5.74, 6) is 0.103. The molecule has 0 aromatic carbocycles. The third kappa shape index (κ3) is 7.02. The monoisotopic (exact) mass is 406 g/mol. The fourth-order valence-electron chi connectivity index (χ4n) is 3.36. The van der Waals surface area contributed by atoms with Gasteiger partial charge in [0.15, 0.2) is 0 Å². The van der Waals surface area contributed by atoms with Crippen LogP contribution in [0, 0.1) is 0 Å². The Balaban J connectivity index is 2.84. The normalized spacial score (nSPS) is 20.2. The summed E-state index contributed by atoms with van der Waals surface area (Å²) < 4.78 is 26.4. The Hall–Kier alpha value is 0.429. The van der Waals surface area contributed by atoms with Crippen LogP contribution in [0.3, 0.4) is 0 Å². The molecule has 1 rings (SSSR count). The standard InChI is InChI=1S/C6H8FO.3C4H9.Sn/c1-5(7)6-3-2-4-8-6;3*1-3-4-2;/h1,6H,2-4H2;3*1,3-4H2,2H3;. The van der Waals surface area contributed by atoms with Gasteiger partial charge in [-0.25, -0.2) is 0 Å². The van der Waals surface area contributed by atoms with Crippen LogP contribution in [0.25, 0.3) is 0 Å². The fourth-order valence-corrected chi connectivity index (χ4v) is 18.0. The summed E-state index contributed by atoms with van der Waals surface area (Å²) >= 11 is -2.46. The molecule has 0 N–H and O–H groups in total. The van der Waals surface area contributed by atoms with E-state index in [1.165, 1.54) is 51.8 Å². The molecule has 0 aliphatic carbocycles. The maximum atomic E-state index is 14.7. The summed E-state index contributed by atoms with van der Waals surface area (Å²) in [5.41, 5.74) is 0. The van der Waals surface area contributed by atoms with E-state index >= 15 is 0 Å². The minimum absolute atomic E-state index is 0.103. The zero-order chi connectivity index (χ0) is 15.6. The number of ether oxygens (including phenoxy) is 1. The molecule has 0 saturated carbocycles. The Morgan fingerprint density at radius 1 is 1.05 bits per heavy atom. The van der Waals surface area contributed by atoms with Crippen LogP contribution in [0.15, 0.2) is 9.92 Å². The van der Waals surface area contributed by atoms with Gasteiger partial charge in [-0.2, -0.15) is 0 Å². The second kappa shape index (κ2) is 11.0. The van der Waals surface area contributed by atoms with E-state index in [0.717, 1.165) is 19.4 Å². The number of halogens is 1. The van der Waals surface area contributed by atoms with Crippen molar-refractivity contribution in [2.24, 2.45) is 0 Å². The topological polar surface area (TPSA) is 9.23 Å². The van der Waals surface area contributed by atoms with Gasteiger partial charge in [-0.3, -0.25) is 0 Å². The van der Waals surface area contributed by atoms with Crippen LogP contribution >= 0.6 is 0 Å². The molecule has 0 aromatic heterocycles. The number of rotatable bonds is 11. The van der Waals surface area contributed by atoms with Gasteiger partial charge in [-0.1, -0.05) is 0 Å². The van der Waals surface area contributed by atoms with Crippen molar-refractivity contribution in [3.8, 4) is 0 Å². The molecule has 1 aliphatic heterocycles. The van der Waals surface area contributed by atoms with Crippen LogP contribution < -0.4 is 0 Å². The fraction of sp³-hybridized carbons (Fsp3) is 0.889. The summed E-state index contributed by atoms with van der Waals surface area (Å²) in [5, 5.41) is 0. The van der Waals surface area contributed by atoms with E-state index < -0.39 is 18.4 Å². The quantitative estimate of drug-likeness (QED) is 0.361. The molecule has 1 aliphatic rings. The Kier molecular flexibility index (Phi) is 10.2. The molecule has 124 valence electrons. The first kappa shape index (κ1) is 19.5. The van der Waals surface area contributed by atoms with E-state index in [1.54, 1.807) is 0 Å². The first-order valence-electron chi connectivity index (χ1n) is 9.17. The molecule has 1 saturated heterocycles. The molecule has 1 heterocycles. The van der Waals surface area contributed by atoms with E-state index in [0.29, 0.717) is 0 Å². The summed E-state index contributed by atoms with van der Waals surface area (Å²) in [6.45, 7) is 7.52. The molecule has 1 unspecified atom stereocenters. The molecule has 0 amide bonds. The first-order chi connectivity index (χ1) is 10.2. The molecule has 1 nitrogen and oxygen atoms in total. The maximum absolute atomic E-state index is 14.7. The Labute approximate surface area is 135 Å². The van der Waals surface area contributed by atoms with Gasteiger partial charge in [0.25, 0.3) is 0 Å². The van der Waals surface area contributed by atoms with Crippen LogP contribution in [0.4, 0.5) is 4.39 Å². The summed E-state index contributed by atoms with van der Waals surface area (Å²) in [7, 11) is 0. The molecule has 0 aromatic rings. The van der Waals surface area contributed by atoms with Gasteiger partial charge in [0.2, 0.25) is 0 Å². The molecule has 0 spiro atoms. The van der Waals surface area contributed by atoms with Crippen LogP contribution in [-0.2, 0) is 4.74 Å². The van der Waals surface area contributed by atoms with E-state index in [2.05, 4.69) is 24.9 Å². The third-order valence-electron chi connectivity index (χ3n) is 4.77. The summed E-state index contributed by atoms with van der Waals surface area (Å²) in [6, 6.07) is 0. The number of hydrogen-bond acceptors (Lipinski definition) is 1. The number of hydrogen-bond donors (Lipinski definition) is 0. The second-order valence-electron chi connectivity index (χ2n) is 6.70. The Morgan fingerprint density at radius 2 is 1.57 bits per heavy atom. The van der Waals surface area contributed by atoms with Crippen molar-refractivity contribution >= 4 is 18.4 Å². The van der Waals surface area contributed by atoms with Crippen molar-refractivity contribution in [1.82, 2.24) is 0 Å². The van der Waals surface area contributed by atoms with E-state index in [9.17, 15) is 4.39 Å². The second-order valence-corrected chi connectivity index (χ2v) is 19.6. The first-order valence-corrected chi connectivity index (χ1v) is 16.9. The molecular weight excluding hydrogens is 370 g/mol. The predicted molar refractivity (Wildman–Crippen MR) is 93.1 cm³/mol. The minimum atomic E-state index is -2.46. The van der Waals surface area contributed by atoms with Crippen molar-refractivity contribution in [2.75, 3.05) is 6.61 Å². The predicted octanol–water partition coefficient (Wildman–Crippen LogP) is 6.41. The van der Waals surface area contributed by atoms with E-state index in [-0.39, 0.29) is 11.9 Å². The average molecular weight is 405 g/mol. The zero-order valence-corrected chi connectivity index (χ0v) is 17.3. The summed E-state index contributed by atoms with van der Waals surface area (Å²) in [4.78, 5) is 0. The molecule has 0 radical (unpaired) electrons. The van der Waals surface area contributed by atoms with Gasteiger partial charge in [0.1, 0.15) is 0 Å². The van der Waals surface area contributed by atoms with Crippen molar-refractivity contribution in [3.05, 3.63) is 9.92 Å². The molecule has 21 heavy (non-hydrogen) atoms. The van der Waals surface area contributed by atoms with Gasteiger partial charge < -0.3 is 0 Å². The van der Waals surface area contributed by atoms with Crippen LogP contribution in [0.2, 0.25) is 13.3 Å². The Bertz CT molecular complexity index is 276. The van der Waals surface area contributed by atoms with Gasteiger partial charge in [0.05, 0.1) is 0 Å². The third-order valence-corrected chi connectivity index (χ3v) is 18.9. The van der Waals surface area contributed by atoms with Crippen LogP contribution in [-0.4, -0.2) is 31.1 Å². The summed E-state index contributed by atoms with van der Waals surface area (Å²) in [6.07, 6.45) is 9.31. The number of unbranched alkanes of at least 4 members (excludes halogenated alkanes) is 3. The van der Waals surface area contributed by atoms with Gasteiger partial charge in [-0.15, -0.1) is 0 Å². The average Bonchev–Trinajstić information content (AvgIpc) is 3.03. The van der Waals surface area contributed by atoms with E-state index in [1.807, 2.05) is 0 Å². The van der Waals surface area contributed by atoms with E-state index in [4.69, 9.17) is 4.74 Å². The van der Waals surface area contributed by atoms with Crippen LogP contribution in [0.1, 0.15) is 72.1 Å². The van der Waals surface area contributed by atoms with Crippen molar-refractivity contribution in [1.29, 1.82) is 0 Å². The molecule has 3 heteroatoms. The van der Waals surface area contributed by atoms with Crippen molar-refractivity contribution in [2.45, 2.75) is 91.6 Å². The van der Waals surface area contributed by atoms with Crippen molar-refractivity contribution < 1.29 is 9.13 Å². The molecular formula is C18H35FOSn. The van der Waals surface area contributed by atoms with Crippen molar-refractivity contribution in [3.63, 3.8) is 0 Å². The zero-order valence-electron chi connectivity index (χ0n) is 14.4. The van der Waals surface area contributed by atoms with Crippen LogP contribution in [0.5, 0.6) is 0 Å². The van der Waals surface area contributed by atoms with Gasteiger partial charge >= 0.3 is 136 Å². The Morgan fingerprint density at radius 3 is 1.95 bits per heavy atom.